The van der Waals surface area contributed by atoms with Gasteiger partial charge < -0.3 is 10.5 Å². The molecule has 0 aliphatic carbocycles. The van der Waals surface area contributed by atoms with Crippen LogP contribution in [0.15, 0.2) is 24.3 Å². The molecule has 1 atom stereocenters. The Labute approximate surface area is 117 Å². The molecule has 0 fully saturated rings. The van der Waals surface area contributed by atoms with Crippen LogP contribution in [0, 0.1) is 0 Å². The van der Waals surface area contributed by atoms with Gasteiger partial charge in [0.1, 0.15) is 0 Å². The summed E-state index contributed by atoms with van der Waals surface area (Å²) in [4.78, 5) is 33.7. The largest absolute Gasteiger partial charge is 0.449 e. The van der Waals surface area contributed by atoms with E-state index in [4.69, 9.17) is 10.5 Å². The number of carbonyl (C=O) groups excluding carboxylic acids is 3. The number of hydrogen-bond acceptors (Lipinski definition) is 4. The number of rotatable bonds is 4. The smallest absolute Gasteiger partial charge is 0.338 e. The van der Waals surface area contributed by atoms with Crippen LogP contribution in [0.2, 0.25) is 0 Å². The fourth-order valence-corrected chi connectivity index (χ4v) is 1.51. The molecule has 1 rings (SSSR count). The third kappa shape index (κ3) is 4.38. The Morgan fingerprint density at radius 2 is 1.65 bits per heavy atom. The zero-order chi connectivity index (χ0) is 15.3. The summed E-state index contributed by atoms with van der Waals surface area (Å²) in [5.41, 5.74) is 6.25. The van der Waals surface area contributed by atoms with Crippen molar-refractivity contribution in [3.05, 3.63) is 35.4 Å². The van der Waals surface area contributed by atoms with E-state index >= 15 is 0 Å². The third-order valence-corrected chi connectivity index (χ3v) is 2.71. The molecule has 0 spiro atoms. The summed E-state index contributed by atoms with van der Waals surface area (Å²) in [7, 11) is 0. The van der Waals surface area contributed by atoms with Crippen molar-refractivity contribution in [3.63, 3.8) is 0 Å². The second kappa shape index (κ2) is 6.70. The summed E-state index contributed by atoms with van der Waals surface area (Å²) in [5, 5.41) is 1.85. The van der Waals surface area contributed by atoms with Crippen molar-refractivity contribution >= 4 is 17.9 Å². The molecule has 0 bridgehead atoms. The molecule has 3 N–H and O–H groups in total. The van der Waals surface area contributed by atoms with Gasteiger partial charge in [0, 0.05) is 0 Å². The molecule has 108 valence electrons. The van der Waals surface area contributed by atoms with Gasteiger partial charge in [-0.15, -0.1) is 0 Å². The van der Waals surface area contributed by atoms with E-state index < -0.39 is 24.0 Å². The van der Waals surface area contributed by atoms with Crippen molar-refractivity contribution in [1.82, 2.24) is 5.32 Å². The van der Waals surface area contributed by atoms with Gasteiger partial charge >= 0.3 is 12.0 Å². The summed E-state index contributed by atoms with van der Waals surface area (Å²) in [6.07, 6.45) is -1.10. The highest BCUT2D eigenvalue weighted by molar-refractivity contribution is 5.98. The molecule has 20 heavy (non-hydrogen) atoms. The first kappa shape index (κ1) is 15.7. The lowest BCUT2D eigenvalue weighted by Gasteiger charge is -2.12. The van der Waals surface area contributed by atoms with Crippen molar-refractivity contribution in [3.8, 4) is 0 Å². The van der Waals surface area contributed by atoms with Crippen LogP contribution in [0.25, 0.3) is 0 Å². The van der Waals surface area contributed by atoms with Gasteiger partial charge in [-0.25, -0.2) is 9.59 Å². The van der Waals surface area contributed by atoms with Gasteiger partial charge in [-0.1, -0.05) is 26.0 Å². The van der Waals surface area contributed by atoms with Crippen LogP contribution in [0.3, 0.4) is 0 Å². The topological polar surface area (TPSA) is 98.5 Å². The van der Waals surface area contributed by atoms with Crippen LogP contribution < -0.4 is 11.1 Å². The van der Waals surface area contributed by atoms with Crippen LogP contribution >= 0.6 is 0 Å². The number of esters is 1. The summed E-state index contributed by atoms with van der Waals surface area (Å²) < 4.78 is 4.94. The number of carbonyl (C=O) groups is 3. The Hall–Kier alpha value is -2.37. The second-order valence-corrected chi connectivity index (χ2v) is 4.68. The number of benzene rings is 1. The number of urea groups is 1. The Kier molecular flexibility index (Phi) is 5.25. The second-order valence-electron chi connectivity index (χ2n) is 4.68. The molecule has 0 unspecified atom stereocenters. The zero-order valence-corrected chi connectivity index (χ0v) is 11.7. The van der Waals surface area contributed by atoms with E-state index in [0.29, 0.717) is 11.5 Å². The number of nitrogens with two attached hydrogens (primary N) is 1. The molecule has 0 aliphatic rings. The Bertz CT molecular complexity index is 508. The van der Waals surface area contributed by atoms with E-state index in [-0.39, 0.29) is 0 Å². The molecule has 0 saturated heterocycles. The minimum Gasteiger partial charge on any atom is -0.449 e. The highest BCUT2D eigenvalue weighted by Crippen LogP contribution is 2.15. The van der Waals surface area contributed by atoms with Gasteiger partial charge in [0.25, 0.3) is 5.91 Å². The number of amides is 3. The van der Waals surface area contributed by atoms with Crippen LogP contribution in [0.1, 0.15) is 42.6 Å². The maximum Gasteiger partial charge on any atom is 0.338 e. The van der Waals surface area contributed by atoms with Gasteiger partial charge in [0.15, 0.2) is 6.10 Å². The predicted octanol–water partition coefficient (Wildman–Crippen LogP) is 1.55. The Balaban J connectivity index is 2.66. The highest BCUT2D eigenvalue weighted by Gasteiger charge is 2.19. The van der Waals surface area contributed by atoms with E-state index in [1.807, 2.05) is 31.3 Å². The molecule has 0 heterocycles. The van der Waals surface area contributed by atoms with E-state index in [9.17, 15) is 14.4 Å². The van der Waals surface area contributed by atoms with Crippen molar-refractivity contribution < 1.29 is 19.1 Å². The molecule has 0 aromatic heterocycles. The monoisotopic (exact) mass is 278 g/mol. The first-order valence-electron chi connectivity index (χ1n) is 6.22. The van der Waals surface area contributed by atoms with E-state index in [2.05, 4.69) is 0 Å². The normalized spacial score (nSPS) is 11.8. The van der Waals surface area contributed by atoms with Crippen LogP contribution in [0.4, 0.5) is 4.79 Å². The Morgan fingerprint density at radius 1 is 1.10 bits per heavy atom. The lowest BCUT2D eigenvalue weighted by molar-refractivity contribution is -0.127. The average molecular weight is 278 g/mol. The fraction of sp³-hybridized carbons (Fsp3) is 0.357. The molecular formula is C14H18N2O4. The minimum absolute atomic E-state index is 0.341. The van der Waals surface area contributed by atoms with E-state index in [1.165, 1.54) is 6.92 Å². The lowest BCUT2D eigenvalue weighted by atomic mass is 10.0. The number of nitrogens with one attached hydrogen (secondary N) is 1. The fourth-order valence-electron chi connectivity index (χ4n) is 1.51. The number of primary amides is 1. The number of imide groups is 1. The molecule has 1 aromatic carbocycles. The molecular weight excluding hydrogens is 260 g/mol. The summed E-state index contributed by atoms with van der Waals surface area (Å²) in [6, 6.07) is 5.94. The van der Waals surface area contributed by atoms with Gasteiger partial charge in [-0.2, -0.15) is 0 Å². The standard InChI is InChI=1S/C14H18N2O4/c1-8(2)10-4-6-11(7-5-10)13(18)20-9(3)12(17)16-14(15)19/h4-9H,1-3H3,(H3,15,16,17,19)/t9-/m1/s1. The predicted molar refractivity (Wildman–Crippen MR) is 73.1 cm³/mol. The third-order valence-electron chi connectivity index (χ3n) is 2.71. The summed E-state index contributed by atoms with van der Waals surface area (Å²) >= 11 is 0. The molecule has 6 nitrogen and oxygen atoms in total. The van der Waals surface area contributed by atoms with Crippen molar-refractivity contribution in [2.75, 3.05) is 0 Å². The first-order chi connectivity index (χ1) is 9.31. The van der Waals surface area contributed by atoms with Crippen molar-refractivity contribution in [2.45, 2.75) is 32.8 Å². The first-order valence-corrected chi connectivity index (χ1v) is 6.22. The van der Waals surface area contributed by atoms with Crippen LogP contribution in [-0.4, -0.2) is 24.0 Å². The quantitative estimate of drug-likeness (QED) is 0.816. The summed E-state index contributed by atoms with van der Waals surface area (Å²) in [5.74, 6) is -1.03. The molecule has 6 heteroatoms. The molecule has 0 saturated carbocycles. The van der Waals surface area contributed by atoms with Crippen molar-refractivity contribution in [1.29, 1.82) is 0 Å². The van der Waals surface area contributed by atoms with Crippen LogP contribution in [0.5, 0.6) is 0 Å². The maximum absolute atomic E-state index is 11.8. The molecule has 3 amide bonds. The molecule has 0 radical (unpaired) electrons. The summed E-state index contributed by atoms with van der Waals surface area (Å²) in [6.45, 7) is 5.45. The SMILES string of the molecule is CC(C)c1ccc(C(=O)O[C@H](C)C(=O)NC(N)=O)cc1. The number of ether oxygens (including phenoxy) is 1. The number of hydrogen-bond donors (Lipinski definition) is 2. The average Bonchev–Trinajstić information content (AvgIpc) is 2.37. The Morgan fingerprint density at radius 3 is 2.10 bits per heavy atom. The van der Waals surface area contributed by atoms with Gasteiger partial charge in [-0.3, -0.25) is 10.1 Å². The van der Waals surface area contributed by atoms with Gasteiger partial charge in [0.2, 0.25) is 0 Å². The lowest BCUT2D eigenvalue weighted by Crippen LogP contribution is -2.42. The molecule has 0 aliphatic heterocycles. The maximum atomic E-state index is 11.8. The zero-order valence-electron chi connectivity index (χ0n) is 11.7. The van der Waals surface area contributed by atoms with Crippen molar-refractivity contribution in [2.24, 2.45) is 5.73 Å². The van der Waals surface area contributed by atoms with Gasteiger partial charge in [-0.05, 0) is 30.5 Å². The minimum atomic E-state index is -1.10. The molecule has 1 aromatic rings. The van der Waals surface area contributed by atoms with Crippen LogP contribution in [-0.2, 0) is 9.53 Å². The van der Waals surface area contributed by atoms with E-state index in [1.54, 1.807) is 12.1 Å². The van der Waals surface area contributed by atoms with E-state index in [0.717, 1.165) is 5.56 Å². The highest BCUT2D eigenvalue weighted by atomic mass is 16.5. The van der Waals surface area contributed by atoms with Gasteiger partial charge in [0.05, 0.1) is 5.56 Å².